The van der Waals surface area contributed by atoms with Gasteiger partial charge in [0, 0.05) is 18.2 Å². The summed E-state index contributed by atoms with van der Waals surface area (Å²) in [5, 5.41) is 5.66. The van der Waals surface area contributed by atoms with Crippen LogP contribution in [0.2, 0.25) is 0 Å². The Balaban J connectivity index is 3.39. The van der Waals surface area contributed by atoms with Crippen molar-refractivity contribution in [1.29, 1.82) is 0 Å². The maximum absolute atomic E-state index is 13.8. The second-order valence-corrected chi connectivity index (χ2v) is 10.3. The van der Waals surface area contributed by atoms with E-state index in [4.69, 9.17) is 11.2 Å². The minimum absolute atomic E-state index is 0.106. The van der Waals surface area contributed by atoms with Gasteiger partial charge < -0.3 is 20.3 Å². The van der Waals surface area contributed by atoms with Gasteiger partial charge in [0.15, 0.2) is 0 Å². The van der Waals surface area contributed by atoms with Crippen LogP contribution in [0.15, 0.2) is 24.3 Å². The minimum atomic E-state index is -0.862. The first-order valence-corrected chi connectivity index (χ1v) is 13.0. The van der Waals surface area contributed by atoms with Crippen LogP contribution in [0.1, 0.15) is 71.6 Å². The lowest BCUT2D eigenvalue weighted by Crippen LogP contribution is -2.53. The van der Waals surface area contributed by atoms with Gasteiger partial charge in [0.1, 0.15) is 17.7 Å². The van der Waals surface area contributed by atoms with Gasteiger partial charge in [0.25, 0.3) is 0 Å². The lowest BCUT2D eigenvalue weighted by molar-refractivity contribution is -0.142. The highest BCUT2D eigenvalue weighted by Crippen LogP contribution is 2.24. The van der Waals surface area contributed by atoms with Gasteiger partial charge in [0.05, 0.1) is 0 Å². The number of nitrogens with zero attached hydrogens (tertiary/aromatic N) is 1. The van der Waals surface area contributed by atoms with E-state index in [2.05, 4.69) is 16.6 Å². The molecule has 2 atom stereocenters. The fraction of sp³-hybridized carbons (Fsp3) is 0.577. The molecule has 3 amide bonds. The highest BCUT2D eigenvalue weighted by atomic mass is 32.2. The molecule has 8 heteroatoms. The van der Waals surface area contributed by atoms with E-state index < -0.39 is 23.8 Å². The molecular formula is C26H39N3O4S. The number of ether oxygens (including phenoxy) is 1. The number of nitrogens with one attached hydrogen (secondary N) is 2. The second kappa shape index (κ2) is 13.9. The summed E-state index contributed by atoms with van der Waals surface area (Å²) < 4.78 is 5.38. The predicted octanol–water partition coefficient (Wildman–Crippen LogP) is 4.12. The van der Waals surface area contributed by atoms with E-state index in [1.165, 1.54) is 0 Å². The number of alkyl carbamates (subject to hydrolysis) is 1. The monoisotopic (exact) mass is 489 g/mol. The molecule has 34 heavy (non-hydrogen) atoms. The third-order valence-electron chi connectivity index (χ3n) is 4.73. The molecule has 1 rings (SSSR count). The number of benzene rings is 1. The highest BCUT2D eigenvalue weighted by molar-refractivity contribution is 7.98. The van der Waals surface area contributed by atoms with Crippen molar-refractivity contribution in [3.8, 4) is 12.3 Å². The summed E-state index contributed by atoms with van der Waals surface area (Å²) in [7, 11) is 0. The van der Waals surface area contributed by atoms with Crippen LogP contribution >= 0.6 is 11.8 Å². The normalized spacial score (nSPS) is 12.9. The molecule has 7 nitrogen and oxygen atoms in total. The van der Waals surface area contributed by atoms with Crippen molar-refractivity contribution in [3.05, 3.63) is 35.4 Å². The van der Waals surface area contributed by atoms with E-state index in [-0.39, 0.29) is 17.9 Å². The Labute approximate surface area is 208 Å². The molecule has 1 aromatic carbocycles. The van der Waals surface area contributed by atoms with Gasteiger partial charge in [-0.2, -0.15) is 11.8 Å². The number of carbonyl (C=O) groups is 3. The van der Waals surface area contributed by atoms with E-state index in [0.717, 1.165) is 0 Å². The molecule has 0 aromatic heterocycles. The molecule has 0 radical (unpaired) electrons. The molecule has 0 fully saturated rings. The fourth-order valence-electron chi connectivity index (χ4n) is 3.35. The summed E-state index contributed by atoms with van der Waals surface area (Å²) in [6, 6.07) is 5.26. The van der Waals surface area contributed by atoms with Crippen LogP contribution in [0, 0.1) is 12.3 Å². The van der Waals surface area contributed by atoms with Gasteiger partial charge in [0.2, 0.25) is 11.8 Å². The van der Waals surface area contributed by atoms with Crippen LogP contribution in [-0.4, -0.2) is 59.0 Å². The third-order valence-corrected chi connectivity index (χ3v) is 5.38. The number of hydrogen-bond donors (Lipinski definition) is 2. The fourth-order valence-corrected chi connectivity index (χ4v) is 3.82. The molecule has 0 aliphatic carbocycles. The van der Waals surface area contributed by atoms with Crippen LogP contribution in [0.25, 0.3) is 0 Å². The summed E-state index contributed by atoms with van der Waals surface area (Å²) >= 11 is 1.58. The highest BCUT2D eigenvalue weighted by Gasteiger charge is 2.35. The summed E-state index contributed by atoms with van der Waals surface area (Å²) in [5.74, 6) is 2.61. The molecule has 0 aliphatic rings. The number of terminal acetylenes is 1. The summed E-state index contributed by atoms with van der Waals surface area (Å²) in [5.41, 5.74) is 0.642. The van der Waals surface area contributed by atoms with Gasteiger partial charge >= 0.3 is 6.09 Å². The standard InChI is InChI=1S/C26H39N3O4S/c1-9-16-29(24(31)21(15-17-34-8)28-25(32)33-26(5,6)7)22(23(30)27-18(3)4)20-13-11-19(10-2)12-14-20/h2,11-14,18,21-22H,9,15-17H2,1,3-8H3,(H,27,30)(H,28,32). The number of hydrogen-bond acceptors (Lipinski definition) is 5. The van der Waals surface area contributed by atoms with Gasteiger partial charge in [-0.1, -0.05) is 25.0 Å². The van der Waals surface area contributed by atoms with Crippen molar-refractivity contribution in [1.82, 2.24) is 15.5 Å². The van der Waals surface area contributed by atoms with Crippen molar-refractivity contribution in [2.45, 2.75) is 78.1 Å². The molecule has 2 N–H and O–H groups in total. The summed E-state index contributed by atoms with van der Waals surface area (Å²) in [4.78, 5) is 41.2. The van der Waals surface area contributed by atoms with Crippen LogP contribution in [0.4, 0.5) is 4.79 Å². The zero-order chi connectivity index (χ0) is 25.9. The Hall–Kier alpha value is -2.66. The molecule has 0 saturated carbocycles. The van der Waals surface area contributed by atoms with Crippen molar-refractivity contribution in [2.24, 2.45) is 0 Å². The average Bonchev–Trinajstić information content (AvgIpc) is 2.74. The largest absolute Gasteiger partial charge is 0.444 e. The van der Waals surface area contributed by atoms with Gasteiger partial charge in [-0.25, -0.2) is 4.79 Å². The number of carbonyl (C=O) groups excluding carboxylic acids is 3. The van der Waals surface area contributed by atoms with E-state index in [9.17, 15) is 14.4 Å². The lowest BCUT2D eigenvalue weighted by Gasteiger charge is -2.34. The van der Waals surface area contributed by atoms with Crippen molar-refractivity contribution >= 4 is 29.7 Å². The smallest absolute Gasteiger partial charge is 0.408 e. The molecule has 0 heterocycles. The number of thioether (sulfide) groups is 1. The molecule has 0 saturated heterocycles. The van der Waals surface area contributed by atoms with E-state index in [1.54, 1.807) is 61.7 Å². The zero-order valence-corrected chi connectivity index (χ0v) is 22.3. The minimum Gasteiger partial charge on any atom is -0.444 e. The number of amides is 3. The number of rotatable bonds is 11. The zero-order valence-electron chi connectivity index (χ0n) is 21.4. The Kier molecular flexibility index (Phi) is 12.0. The molecule has 188 valence electrons. The van der Waals surface area contributed by atoms with Crippen molar-refractivity contribution < 1.29 is 19.1 Å². The Morgan fingerprint density at radius 2 is 1.76 bits per heavy atom. The lowest BCUT2D eigenvalue weighted by atomic mass is 10.0. The van der Waals surface area contributed by atoms with Crippen LogP contribution < -0.4 is 10.6 Å². The Morgan fingerprint density at radius 3 is 2.24 bits per heavy atom. The van der Waals surface area contributed by atoms with E-state index >= 15 is 0 Å². The molecule has 0 spiro atoms. The van der Waals surface area contributed by atoms with Crippen LogP contribution in [0.3, 0.4) is 0 Å². The predicted molar refractivity (Wildman–Crippen MR) is 139 cm³/mol. The first kappa shape index (κ1) is 29.4. The van der Waals surface area contributed by atoms with Crippen molar-refractivity contribution in [3.63, 3.8) is 0 Å². The van der Waals surface area contributed by atoms with Crippen molar-refractivity contribution in [2.75, 3.05) is 18.6 Å². The van der Waals surface area contributed by atoms with Gasteiger partial charge in [-0.05, 0) is 77.2 Å². The molecule has 0 aliphatic heterocycles. The topological polar surface area (TPSA) is 87.7 Å². The Bertz CT molecular complexity index is 856. The maximum atomic E-state index is 13.8. The van der Waals surface area contributed by atoms with Crippen LogP contribution in [-0.2, 0) is 14.3 Å². The average molecular weight is 490 g/mol. The molecule has 0 bridgehead atoms. The molecular weight excluding hydrogens is 450 g/mol. The quantitative estimate of drug-likeness (QED) is 0.457. The van der Waals surface area contributed by atoms with E-state index in [0.29, 0.717) is 36.3 Å². The third kappa shape index (κ3) is 9.68. The maximum Gasteiger partial charge on any atom is 0.408 e. The first-order chi connectivity index (χ1) is 15.9. The Morgan fingerprint density at radius 1 is 1.15 bits per heavy atom. The van der Waals surface area contributed by atoms with Gasteiger partial charge in [-0.15, -0.1) is 6.42 Å². The SMILES string of the molecule is C#Cc1ccc(C(C(=O)NC(C)C)N(CCC)C(=O)C(CCSC)NC(=O)OC(C)(C)C)cc1. The van der Waals surface area contributed by atoms with Gasteiger partial charge in [-0.3, -0.25) is 9.59 Å². The first-order valence-electron chi connectivity index (χ1n) is 11.6. The summed E-state index contributed by atoms with van der Waals surface area (Å²) in [6.07, 6.45) is 7.81. The summed E-state index contributed by atoms with van der Waals surface area (Å²) in [6.45, 7) is 11.3. The molecule has 2 unspecified atom stereocenters. The van der Waals surface area contributed by atoms with E-state index in [1.807, 2.05) is 27.0 Å². The molecule has 1 aromatic rings. The second-order valence-electron chi connectivity index (χ2n) is 9.34. The van der Waals surface area contributed by atoms with Crippen LogP contribution in [0.5, 0.6) is 0 Å².